The molecule has 13 heteroatoms. The zero-order valence-electron chi connectivity index (χ0n) is 17.3. The molecular formula is C20H21N9O4. The molecule has 4 rings (SSSR count). The predicted molar refractivity (Wildman–Crippen MR) is 116 cm³/mol. The first-order valence-corrected chi connectivity index (χ1v) is 10.1. The van der Waals surface area contributed by atoms with Crippen molar-refractivity contribution in [2.45, 2.75) is 31.7 Å². The number of aryl methyl sites for hydroxylation is 3. The molecule has 0 aliphatic rings. The molecule has 0 aliphatic carbocycles. The Bertz CT molecular complexity index is 1330. The van der Waals surface area contributed by atoms with Crippen molar-refractivity contribution >= 4 is 28.9 Å². The van der Waals surface area contributed by atoms with Crippen molar-refractivity contribution in [3.05, 3.63) is 63.3 Å². The molecule has 13 nitrogen and oxygen atoms in total. The number of carbonyl (C=O) groups is 2. The summed E-state index contributed by atoms with van der Waals surface area (Å²) in [5.41, 5.74) is 7.80. The highest BCUT2D eigenvalue weighted by atomic mass is 16.4. The van der Waals surface area contributed by atoms with Crippen LogP contribution in [0.5, 0.6) is 0 Å². The van der Waals surface area contributed by atoms with Gasteiger partial charge in [0.15, 0.2) is 5.82 Å². The van der Waals surface area contributed by atoms with Gasteiger partial charge < -0.3 is 21.1 Å². The zero-order valence-corrected chi connectivity index (χ0v) is 17.3. The number of carbonyl (C=O) groups excluding carboxylic acids is 1. The van der Waals surface area contributed by atoms with Gasteiger partial charge in [-0.2, -0.15) is 10.2 Å². The normalized spacial score (nSPS) is 12.0. The van der Waals surface area contributed by atoms with Gasteiger partial charge in [0, 0.05) is 18.2 Å². The highest BCUT2D eigenvalue weighted by molar-refractivity contribution is 5.96. The fraction of sp³-hybridized carbons (Fsp3) is 0.250. The van der Waals surface area contributed by atoms with E-state index in [0.717, 1.165) is 11.1 Å². The number of rotatable bonds is 9. The number of anilines is 1. The van der Waals surface area contributed by atoms with Crippen molar-refractivity contribution in [3.63, 3.8) is 0 Å². The second-order valence-electron chi connectivity index (χ2n) is 7.42. The minimum atomic E-state index is -1.14. The summed E-state index contributed by atoms with van der Waals surface area (Å²) in [7, 11) is 0. The van der Waals surface area contributed by atoms with E-state index in [2.05, 4.69) is 40.9 Å². The van der Waals surface area contributed by atoms with Gasteiger partial charge in [0.1, 0.15) is 11.7 Å². The van der Waals surface area contributed by atoms with Gasteiger partial charge in [-0.15, -0.1) is 10.2 Å². The topological polar surface area (TPSA) is 208 Å². The van der Waals surface area contributed by atoms with Crippen LogP contribution in [0.4, 0.5) is 5.95 Å². The number of carboxylic acids is 1. The molecule has 3 heterocycles. The number of nitrogens with one attached hydrogen (secondary N) is 4. The van der Waals surface area contributed by atoms with E-state index < -0.39 is 17.9 Å². The molecule has 0 fully saturated rings. The van der Waals surface area contributed by atoms with Crippen LogP contribution in [0.15, 0.2) is 35.3 Å². The average molecular weight is 451 g/mol. The number of tetrazole rings is 1. The highest BCUT2D eigenvalue weighted by Gasteiger charge is 2.21. The number of aromatic amines is 3. The quantitative estimate of drug-likeness (QED) is 0.201. The number of H-pyrrole nitrogens is 3. The second-order valence-corrected chi connectivity index (χ2v) is 7.42. The number of fused-ring (bicyclic) bond motifs is 1. The van der Waals surface area contributed by atoms with Gasteiger partial charge >= 0.3 is 5.97 Å². The van der Waals surface area contributed by atoms with Crippen LogP contribution in [0.25, 0.3) is 11.0 Å². The summed E-state index contributed by atoms with van der Waals surface area (Å²) in [6, 6.07) is 5.76. The largest absolute Gasteiger partial charge is 0.480 e. The van der Waals surface area contributed by atoms with Crippen molar-refractivity contribution in [1.29, 1.82) is 0 Å². The van der Waals surface area contributed by atoms with E-state index in [4.69, 9.17) is 5.73 Å². The summed E-state index contributed by atoms with van der Waals surface area (Å²) in [5.74, 6) is -1.21. The number of hydrogen-bond donors (Lipinski definition) is 6. The first-order valence-electron chi connectivity index (χ1n) is 10.1. The molecule has 0 spiro atoms. The lowest BCUT2D eigenvalue weighted by atomic mass is 10.0. The number of amides is 1. The number of nitrogens with zero attached hydrogens (tertiary/aromatic N) is 4. The average Bonchev–Trinajstić information content (AvgIpc) is 3.45. The van der Waals surface area contributed by atoms with Crippen molar-refractivity contribution in [2.75, 3.05) is 5.73 Å². The van der Waals surface area contributed by atoms with Crippen LogP contribution >= 0.6 is 0 Å². The molecule has 0 radical (unpaired) electrons. The van der Waals surface area contributed by atoms with E-state index in [1.807, 2.05) is 0 Å². The lowest BCUT2D eigenvalue weighted by Crippen LogP contribution is -2.41. The number of aromatic nitrogens is 7. The molecule has 33 heavy (non-hydrogen) atoms. The van der Waals surface area contributed by atoms with Crippen LogP contribution in [0, 0.1) is 0 Å². The summed E-state index contributed by atoms with van der Waals surface area (Å²) >= 11 is 0. The maximum absolute atomic E-state index is 12.5. The molecule has 1 aromatic carbocycles. The lowest BCUT2D eigenvalue weighted by Gasteiger charge is -2.14. The fourth-order valence-corrected chi connectivity index (χ4v) is 3.48. The molecule has 170 valence electrons. The molecule has 3 aromatic heterocycles. The monoisotopic (exact) mass is 451 g/mol. The van der Waals surface area contributed by atoms with Crippen molar-refractivity contribution < 1.29 is 14.7 Å². The van der Waals surface area contributed by atoms with Gasteiger partial charge in [0.2, 0.25) is 5.95 Å². The summed E-state index contributed by atoms with van der Waals surface area (Å²) < 4.78 is 0. The van der Waals surface area contributed by atoms with Crippen LogP contribution in [-0.4, -0.2) is 58.6 Å². The minimum absolute atomic E-state index is 0.0507. The molecule has 0 saturated carbocycles. The van der Waals surface area contributed by atoms with Gasteiger partial charge in [-0.3, -0.25) is 14.6 Å². The fourth-order valence-electron chi connectivity index (χ4n) is 3.48. The molecule has 7 N–H and O–H groups in total. The highest BCUT2D eigenvalue weighted by Crippen LogP contribution is 2.16. The zero-order chi connectivity index (χ0) is 23.4. The van der Waals surface area contributed by atoms with Crippen LogP contribution < -0.4 is 16.6 Å². The van der Waals surface area contributed by atoms with Gasteiger partial charge in [-0.25, -0.2) is 4.79 Å². The standard InChI is InChI=1S/C20H21N9O4/c21-20-24-16-15(18(31)25-20)12(9-22-16)6-3-10-1-4-11(5-2-10)17(30)23-13(19(32)33)7-8-14-26-28-29-27-14/h1-2,4-5,9,13H,3,6-8H2,(H,23,30)(H,32,33)(H,26,27,28,29)(H4,21,22,24,25,31). The Hall–Kier alpha value is -4.55. The van der Waals surface area contributed by atoms with E-state index in [1.54, 1.807) is 30.5 Å². The number of hydrogen-bond acceptors (Lipinski definition) is 8. The third-order valence-corrected chi connectivity index (χ3v) is 5.19. The molecule has 0 saturated heterocycles. The van der Waals surface area contributed by atoms with Gasteiger partial charge in [-0.1, -0.05) is 17.3 Å². The van der Waals surface area contributed by atoms with Crippen LogP contribution in [0.1, 0.15) is 33.7 Å². The molecule has 1 amide bonds. The van der Waals surface area contributed by atoms with Crippen molar-refractivity contribution in [2.24, 2.45) is 0 Å². The third kappa shape index (κ3) is 5.03. The Morgan fingerprint density at radius 2 is 1.94 bits per heavy atom. The summed E-state index contributed by atoms with van der Waals surface area (Å²) in [6.45, 7) is 0. The molecule has 0 bridgehead atoms. The van der Waals surface area contributed by atoms with Crippen LogP contribution in [0.2, 0.25) is 0 Å². The summed E-state index contributed by atoms with van der Waals surface area (Å²) in [6.07, 6.45) is 3.32. The maximum atomic E-state index is 12.5. The Balaban J connectivity index is 1.37. The van der Waals surface area contributed by atoms with Crippen molar-refractivity contribution in [3.8, 4) is 0 Å². The van der Waals surface area contributed by atoms with E-state index in [0.29, 0.717) is 35.3 Å². The molecule has 4 aromatic rings. The maximum Gasteiger partial charge on any atom is 0.326 e. The van der Waals surface area contributed by atoms with E-state index >= 15 is 0 Å². The lowest BCUT2D eigenvalue weighted by molar-refractivity contribution is -0.139. The Labute approximate surface area is 185 Å². The molecule has 0 aliphatic heterocycles. The van der Waals surface area contributed by atoms with Gasteiger partial charge in [0.05, 0.1) is 5.39 Å². The molecule has 1 unspecified atom stereocenters. The van der Waals surface area contributed by atoms with E-state index in [1.165, 1.54) is 0 Å². The Kier molecular flexibility index (Phi) is 6.11. The first-order chi connectivity index (χ1) is 15.9. The number of nitrogen functional groups attached to an aromatic ring is 1. The number of carboxylic acid groups (broad SMARTS) is 1. The van der Waals surface area contributed by atoms with Crippen molar-refractivity contribution in [1.82, 2.24) is 40.9 Å². The van der Waals surface area contributed by atoms with E-state index in [9.17, 15) is 19.5 Å². The first kappa shape index (κ1) is 21.7. The number of aliphatic carboxylic acids is 1. The second kappa shape index (κ2) is 9.30. The SMILES string of the molecule is Nc1nc2[nH]cc(CCc3ccc(C(=O)NC(CCc4nn[nH]n4)C(=O)O)cc3)c2c(=O)[nH]1. The molecule has 1 atom stereocenters. The number of nitrogens with two attached hydrogens (primary N) is 1. The minimum Gasteiger partial charge on any atom is -0.480 e. The van der Waals surface area contributed by atoms with Crippen LogP contribution in [-0.2, 0) is 24.1 Å². The smallest absolute Gasteiger partial charge is 0.326 e. The van der Waals surface area contributed by atoms with Crippen LogP contribution in [0.3, 0.4) is 0 Å². The Morgan fingerprint density at radius 1 is 1.15 bits per heavy atom. The summed E-state index contributed by atoms with van der Waals surface area (Å²) in [4.78, 5) is 45.7. The molecular weight excluding hydrogens is 430 g/mol. The number of benzene rings is 1. The van der Waals surface area contributed by atoms with E-state index in [-0.39, 0.29) is 24.3 Å². The summed E-state index contributed by atoms with van der Waals surface area (Å²) in [5, 5.41) is 25.6. The Morgan fingerprint density at radius 3 is 2.64 bits per heavy atom. The predicted octanol–water partition coefficient (Wildman–Crippen LogP) is -0.0525. The third-order valence-electron chi connectivity index (χ3n) is 5.19. The van der Waals surface area contributed by atoms with Gasteiger partial charge in [0.25, 0.3) is 11.5 Å². The van der Waals surface area contributed by atoms with Gasteiger partial charge in [-0.05, 0) is 42.5 Å².